The number of benzene rings is 1. The molecule has 1 aromatic carbocycles. The molecule has 0 aliphatic carbocycles. The first-order chi connectivity index (χ1) is 13.0. The summed E-state index contributed by atoms with van der Waals surface area (Å²) in [5.41, 5.74) is 1.13. The van der Waals surface area contributed by atoms with Crippen LogP contribution >= 0.6 is 0 Å². The molecule has 27 heavy (non-hydrogen) atoms. The van der Waals surface area contributed by atoms with E-state index in [1.165, 1.54) is 0 Å². The van der Waals surface area contributed by atoms with E-state index in [1.807, 2.05) is 38.1 Å². The number of rotatable bonds is 7. The number of hydrogen-bond acceptors (Lipinski definition) is 6. The maximum Gasteiger partial charge on any atom is 0.270 e. The fraction of sp³-hybridized carbons (Fsp3) is 0.250. The number of amides is 1. The molecule has 0 aliphatic rings. The van der Waals surface area contributed by atoms with Gasteiger partial charge in [0, 0.05) is 11.8 Å². The summed E-state index contributed by atoms with van der Waals surface area (Å²) in [4.78, 5) is 20.9. The van der Waals surface area contributed by atoms with Gasteiger partial charge in [-0.3, -0.25) is 4.79 Å². The Labute approximate surface area is 157 Å². The molecule has 0 aliphatic heterocycles. The summed E-state index contributed by atoms with van der Waals surface area (Å²) in [6, 6.07) is 12.7. The minimum atomic E-state index is -0.291. The van der Waals surface area contributed by atoms with Crippen molar-refractivity contribution < 1.29 is 13.9 Å². The summed E-state index contributed by atoms with van der Waals surface area (Å²) in [6.07, 6.45) is 1.69. The predicted molar refractivity (Wildman–Crippen MR) is 102 cm³/mol. The summed E-state index contributed by atoms with van der Waals surface area (Å²) in [6.45, 7) is 6.01. The van der Waals surface area contributed by atoms with Crippen LogP contribution in [-0.2, 0) is 6.54 Å². The topological polar surface area (TPSA) is 89.3 Å². The molecule has 2 heterocycles. The molecule has 0 bridgehead atoms. The number of nitrogens with zero attached hydrogens (tertiary/aromatic N) is 2. The highest BCUT2D eigenvalue weighted by atomic mass is 16.5. The number of nitrogens with one attached hydrogen (secondary N) is 2. The first kappa shape index (κ1) is 18.4. The average molecular weight is 366 g/mol. The number of furan rings is 1. The minimum absolute atomic E-state index is 0.121. The number of anilines is 2. The van der Waals surface area contributed by atoms with Crippen LogP contribution in [0.4, 0.5) is 11.5 Å². The third kappa shape index (κ3) is 5.31. The normalized spacial score (nSPS) is 10.7. The fourth-order valence-electron chi connectivity index (χ4n) is 2.46. The Balaban J connectivity index is 1.68. The molecule has 140 valence electrons. The standard InChI is InChI=1S/C20H22N4O3/c1-13(2)27-16-8-6-15(7-9-16)24-19-11-18(22-14(3)23-19)20(25)21-12-17-5-4-10-26-17/h4-11,13H,12H2,1-3H3,(H,21,25)(H,22,23,24). The molecular weight excluding hydrogens is 344 g/mol. The summed E-state index contributed by atoms with van der Waals surface area (Å²) < 4.78 is 10.8. The quantitative estimate of drug-likeness (QED) is 0.660. The number of ether oxygens (including phenoxy) is 1. The molecule has 1 amide bonds. The van der Waals surface area contributed by atoms with Crippen LogP contribution in [0.25, 0.3) is 0 Å². The Bertz CT molecular complexity index is 890. The maximum atomic E-state index is 12.4. The number of carbonyl (C=O) groups excluding carboxylic acids is 1. The number of aryl methyl sites for hydroxylation is 1. The molecule has 2 N–H and O–H groups in total. The van der Waals surface area contributed by atoms with Gasteiger partial charge < -0.3 is 19.8 Å². The zero-order chi connectivity index (χ0) is 19.2. The Kier molecular flexibility index (Phi) is 5.71. The van der Waals surface area contributed by atoms with Crippen LogP contribution in [0.1, 0.15) is 35.9 Å². The van der Waals surface area contributed by atoms with Crippen LogP contribution in [0.2, 0.25) is 0 Å². The van der Waals surface area contributed by atoms with Crippen molar-refractivity contribution in [1.29, 1.82) is 0 Å². The van der Waals surface area contributed by atoms with Gasteiger partial charge in [-0.25, -0.2) is 9.97 Å². The van der Waals surface area contributed by atoms with E-state index in [9.17, 15) is 4.79 Å². The SMILES string of the molecule is Cc1nc(Nc2ccc(OC(C)C)cc2)cc(C(=O)NCc2ccco2)n1. The number of aromatic nitrogens is 2. The van der Waals surface area contributed by atoms with Crippen LogP contribution in [0, 0.1) is 6.92 Å². The van der Waals surface area contributed by atoms with E-state index in [-0.39, 0.29) is 17.7 Å². The molecule has 3 rings (SSSR count). The molecule has 0 unspecified atom stereocenters. The van der Waals surface area contributed by atoms with Gasteiger partial charge in [-0.2, -0.15) is 0 Å². The zero-order valence-electron chi connectivity index (χ0n) is 15.5. The van der Waals surface area contributed by atoms with Crippen molar-refractivity contribution in [3.63, 3.8) is 0 Å². The van der Waals surface area contributed by atoms with Crippen LogP contribution in [0.15, 0.2) is 53.1 Å². The highest BCUT2D eigenvalue weighted by molar-refractivity contribution is 5.93. The van der Waals surface area contributed by atoms with Crippen LogP contribution in [0.5, 0.6) is 5.75 Å². The third-order valence-electron chi connectivity index (χ3n) is 3.57. The Hall–Kier alpha value is -3.35. The van der Waals surface area contributed by atoms with Gasteiger partial charge >= 0.3 is 0 Å². The van der Waals surface area contributed by atoms with E-state index in [1.54, 1.807) is 31.4 Å². The summed E-state index contributed by atoms with van der Waals surface area (Å²) in [5, 5.41) is 5.96. The Morgan fingerprint density at radius 3 is 2.63 bits per heavy atom. The average Bonchev–Trinajstić information content (AvgIpc) is 3.14. The van der Waals surface area contributed by atoms with E-state index in [0.29, 0.717) is 23.9 Å². The highest BCUT2D eigenvalue weighted by Crippen LogP contribution is 2.20. The lowest BCUT2D eigenvalue weighted by molar-refractivity contribution is 0.0942. The first-order valence-electron chi connectivity index (χ1n) is 8.69. The first-order valence-corrected chi connectivity index (χ1v) is 8.69. The second-order valence-corrected chi connectivity index (χ2v) is 6.26. The summed E-state index contributed by atoms with van der Waals surface area (Å²) in [5.74, 6) is 2.23. The van der Waals surface area contributed by atoms with Crippen LogP contribution in [0.3, 0.4) is 0 Å². The summed E-state index contributed by atoms with van der Waals surface area (Å²) >= 11 is 0. The zero-order valence-corrected chi connectivity index (χ0v) is 15.5. The van der Waals surface area contributed by atoms with Gasteiger partial charge in [-0.15, -0.1) is 0 Å². The van der Waals surface area contributed by atoms with Crippen molar-refractivity contribution in [2.75, 3.05) is 5.32 Å². The molecule has 2 aromatic heterocycles. The van der Waals surface area contributed by atoms with E-state index in [4.69, 9.17) is 9.15 Å². The maximum absolute atomic E-state index is 12.4. The Morgan fingerprint density at radius 1 is 1.19 bits per heavy atom. The molecule has 0 spiro atoms. The highest BCUT2D eigenvalue weighted by Gasteiger charge is 2.11. The monoisotopic (exact) mass is 366 g/mol. The smallest absolute Gasteiger partial charge is 0.270 e. The lowest BCUT2D eigenvalue weighted by Gasteiger charge is -2.11. The van der Waals surface area contributed by atoms with Crippen LogP contribution < -0.4 is 15.4 Å². The lowest BCUT2D eigenvalue weighted by atomic mass is 10.3. The number of carbonyl (C=O) groups is 1. The predicted octanol–water partition coefficient (Wildman–Crippen LogP) is 3.84. The molecule has 0 saturated heterocycles. The molecule has 7 nitrogen and oxygen atoms in total. The lowest BCUT2D eigenvalue weighted by Crippen LogP contribution is -2.24. The molecule has 0 fully saturated rings. The molecular formula is C20H22N4O3. The van der Waals surface area contributed by atoms with Gasteiger partial charge in [0.2, 0.25) is 0 Å². The van der Waals surface area contributed by atoms with Gasteiger partial charge in [-0.05, 0) is 57.2 Å². The fourth-order valence-corrected chi connectivity index (χ4v) is 2.46. The van der Waals surface area contributed by atoms with Crippen molar-refractivity contribution in [3.8, 4) is 5.75 Å². The number of hydrogen-bond donors (Lipinski definition) is 2. The van der Waals surface area contributed by atoms with Crippen molar-refractivity contribution in [2.45, 2.75) is 33.4 Å². The second kappa shape index (κ2) is 8.35. The van der Waals surface area contributed by atoms with E-state index >= 15 is 0 Å². The molecule has 0 saturated carbocycles. The van der Waals surface area contributed by atoms with Gasteiger partial charge in [0.15, 0.2) is 0 Å². The van der Waals surface area contributed by atoms with Crippen molar-refractivity contribution >= 4 is 17.4 Å². The van der Waals surface area contributed by atoms with Gasteiger partial charge in [-0.1, -0.05) is 0 Å². The van der Waals surface area contributed by atoms with Gasteiger partial charge in [0.05, 0.1) is 18.9 Å². The van der Waals surface area contributed by atoms with Gasteiger partial charge in [0.1, 0.15) is 28.8 Å². The molecule has 0 atom stereocenters. The van der Waals surface area contributed by atoms with Crippen molar-refractivity contribution in [3.05, 3.63) is 66.0 Å². The third-order valence-corrected chi connectivity index (χ3v) is 3.57. The molecule has 0 radical (unpaired) electrons. The largest absolute Gasteiger partial charge is 0.491 e. The van der Waals surface area contributed by atoms with Crippen molar-refractivity contribution in [2.24, 2.45) is 0 Å². The second-order valence-electron chi connectivity index (χ2n) is 6.26. The molecule has 7 heteroatoms. The van der Waals surface area contributed by atoms with E-state index in [0.717, 1.165) is 11.4 Å². The van der Waals surface area contributed by atoms with Crippen molar-refractivity contribution in [1.82, 2.24) is 15.3 Å². The Morgan fingerprint density at radius 2 is 1.96 bits per heavy atom. The van der Waals surface area contributed by atoms with Gasteiger partial charge in [0.25, 0.3) is 5.91 Å². The molecule has 3 aromatic rings. The van der Waals surface area contributed by atoms with Crippen LogP contribution in [-0.4, -0.2) is 22.0 Å². The van der Waals surface area contributed by atoms with E-state index < -0.39 is 0 Å². The van der Waals surface area contributed by atoms with E-state index in [2.05, 4.69) is 20.6 Å². The minimum Gasteiger partial charge on any atom is -0.491 e. The summed E-state index contributed by atoms with van der Waals surface area (Å²) in [7, 11) is 0.